The maximum absolute atomic E-state index is 13.2. The van der Waals surface area contributed by atoms with Crippen molar-refractivity contribution in [3.8, 4) is 17.2 Å². The predicted molar refractivity (Wildman–Crippen MR) is 138 cm³/mol. The van der Waals surface area contributed by atoms with Crippen LogP contribution in [0.3, 0.4) is 0 Å². The van der Waals surface area contributed by atoms with E-state index in [-0.39, 0.29) is 11.3 Å². The smallest absolute Gasteiger partial charge is 0.295 e. The van der Waals surface area contributed by atoms with Gasteiger partial charge >= 0.3 is 0 Å². The highest BCUT2D eigenvalue weighted by Crippen LogP contribution is 2.40. The molecule has 1 aliphatic rings. The van der Waals surface area contributed by atoms with Gasteiger partial charge < -0.3 is 24.4 Å². The van der Waals surface area contributed by atoms with Crippen LogP contribution < -0.4 is 9.47 Å². The van der Waals surface area contributed by atoms with Gasteiger partial charge in [-0.25, -0.2) is 0 Å². The normalized spacial score (nSPS) is 17.0. The van der Waals surface area contributed by atoms with Crippen molar-refractivity contribution < 1.29 is 24.2 Å². The number of ketones is 1. The fourth-order valence-corrected chi connectivity index (χ4v) is 4.29. The van der Waals surface area contributed by atoms with E-state index in [2.05, 4.69) is 0 Å². The van der Waals surface area contributed by atoms with E-state index < -0.39 is 17.7 Å². The van der Waals surface area contributed by atoms with E-state index >= 15 is 0 Å². The molecule has 186 valence electrons. The lowest BCUT2D eigenvalue weighted by atomic mass is 9.95. The molecule has 0 radical (unpaired) electrons. The van der Waals surface area contributed by atoms with E-state index in [1.807, 2.05) is 73.6 Å². The average Bonchev–Trinajstić information content (AvgIpc) is 3.14. The second-order valence-corrected chi connectivity index (χ2v) is 8.87. The van der Waals surface area contributed by atoms with E-state index in [4.69, 9.17) is 9.47 Å². The largest absolute Gasteiger partial charge is 0.507 e. The summed E-state index contributed by atoms with van der Waals surface area (Å²) >= 11 is 0. The summed E-state index contributed by atoms with van der Waals surface area (Å²) in [6, 6.07) is 22.7. The van der Waals surface area contributed by atoms with Crippen molar-refractivity contribution >= 4 is 17.4 Å². The number of amides is 1. The fourth-order valence-electron chi connectivity index (χ4n) is 4.29. The molecule has 1 N–H and O–H groups in total. The van der Waals surface area contributed by atoms with Crippen molar-refractivity contribution in [2.24, 2.45) is 0 Å². The number of likely N-dealkylation sites (tertiary alicyclic amines) is 1. The van der Waals surface area contributed by atoms with E-state index in [1.54, 1.807) is 36.3 Å². The molecule has 7 nitrogen and oxygen atoms in total. The summed E-state index contributed by atoms with van der Waals surface area (Å²) in [4.78, 5) is 30.0. The highest BCUT2D eigenvalue weighted by Gasteiger charge is 2.45. The third-order valence-corrected chi connectivity index (χ3v) is 6.06. The van der Waals surface area contributed by atoms with E-state index in [1.165, 1.54) is 0 Å². The van der Waals surface area contributed by atoms with Gasteiger partial charge in [-0.15, -0.1) is 0 Å². The zero-order chi connectivity index (χ0) is 25.7. The summed E-state index contributed by atoms with van der Waals surface area (Å²) in [5.41, 5.74) is 1.18. The summed E-state index contributed by atoms with van der Waals surface area (Å²) in [6.07, 6.45) is 0.680. The summed E-state index contributed by atoms with van der Waals surface area (Å²) in [5.74, 6) is 0.328. The number of Topliss-reactive ketones (excluding diaryl/α,β-unsaturated/α-hetero) is 1. The van der Waals surface area contributed by atoms with Gasteiger partial charge in [-0.3, -0.25) is 9.59 Å². The van der Waals surface area contributed by atoms with Gasteiger partial charge in [0.05, 0.1) is 18.7 Å². The molecule has 0 aliphatic carbocycles. The minimum atomic E-state index is -0.742. The minimum Gasteiger partial charge on any atom is -0.507 e. The molecule has 1 fully saturated rings. The second kappa shape index (κ2) is 11.1. The topological polar surface area (TPSA) is 79.3 Å². The van der Waals surface area contributed by atoms with Crippen molar-refractivity contribution in [2.45, 2.75) is 12.5 Å². The number of aliphatic hydroxyl groups excluding tert-OH is 1. The maximum Gasteiger partial charge on any atom is 0.295 e. The van der Waals surface area contributed by atoms with Crippen molar-refractivity contribution in [1.29, 1.82) is 0 Å². The van der Waals surface area contributed by atoms with Crippen molar-refractivity contribution in [2.75, 3.05) is 34.3 Å². The third kappa shape index (κ3) is 5.42. The molecule has 3 aromatic rings. The summed E-state index contributed by atoms with van der Waals surface area (Å²) in [6.45, 7) is 1.13. The monoisotopic (exact) mass is 486 g/mol. The molecule has 36 heavy (non-hydrogen) atoms. The number of nitrogens with zero attached hydrogens (tertiary/aromatic N) is 2. The van der Waals surface area contributed by atoms with E-state index in [0.717, 1.165) is 6.54 Å². The molecule has 1 saturated heterocycles. The number of para-hydroxylation sites is 1. The number of aliphatic hydroxyl groups is 1. The van der Waals surface area contributed by atoms with Gasteiger partial charge in [-0.1, -0.05) is 30.3 Å². The van der Waals surface area contributed by atoms with Gasteiger partial charge in [-0.2, -0.15) is 0 Å². The molecule has 1 amide bonds. The van der Waals surface area contributed by atoms with Crippen LogP contribution in [0.1, 0.15) is 23.6 Å². The molecule has 0 bridgehead atoms. The van der Waals surface area contributed by atoms with Crippen LogP contribution >= 0.6 is 0 Å². The summed E-state index contributed by atoms with van der Waals surface area (Å²) in [7, 11) is 5.47. The molecule has 0 aromatic heterocycles. The van der Waals surface area contributed by atoms with Gasteiger partial charge in [0.1, 0.15) is 23.0 Å². The number of methoxy groups -OCH3 is 1. The van der Waals surface area contributed by atoms with Crippen LogP contribution in [0.2, 0.25) is 0 Å². The Morgan fingerprint density at radius 3 is 2.28 bits per heavy atom. The molecule has 1 atom stereocenters. The molecule has 1 aliphatic heterocycles. The Balaban J connectivity index is 1.76. The van der Waals surface area contributed by atoms with Gasteiger partial charge in [0.2, 0.25) is 0 Å². The Kier molecular flexibility index (Phi) is 7.71. The van der Waals surface area contributed by atoms with Crippen LogP contribution in [0.25, 0.3) is 5.76 Å². The number of ether oxygens (including phenoxy) is 2. The third-order valence-electron chi connectivity index (χ3n) is 6.06. The Hall–Kier alpha value is -4.10. The number of carbonyl (C=O) groups is 2. The van der Waals surface area contributed by atoms with Gasteiger partial charge in [0, 0.05) is 12.1 Å². The van der Waals surface area contributed by atoms with E-state index in [0.29, 0.717) is 41.3 Å². The van der Waals surface area contributed by atoms with Crippen molar-refractivity contribution in [3.05, 3.63) is 95.6 Å². The van der Waals surface area contributed by atoms with Crippen LogP contribution in [0.5, 0.6) is 17.2 Å². The zero-order valence-corrected chi connectivity index (χ0v) is 20.7. The maximum atomic E-state index is 13.2. The van der Waals surface area contributed by atoms with Crippen LogP contribution in [0.15, 0.2) is 84.4 Å². The van der Waals surface area contributed by atoms with Crippen molar-refractivity contribution in [1.82, 2.24) is 9.80 Å². The minimum absolute atomic E-state index is 0.0619. The molecule has 0 spiro atoms. The molecule has 4 rings (SSSR count). The Labute approximate surface area is 211 Å². The predicted octanol–water partition coefficient (Wildman–Crippen LogP) is 4.86. The van der Waals surface area contributed by atoms with Gasteiger partial charge in [0.15, 0.2) is 0 Å². The molecule has 1 heterocycles. The number of rotatable bonds is 9. The average molecular weight is 487 g/mol. The zero-order valence-electron chi connectivity index (χ0n) is 20.7. The van der Waals surface area contributed by atoms with E-state index in [9.17, 15) is 14.7 Å². The SMILES string of the molecule is COc1ccc(/C(O)=C2/C(=O)C(=O)N(CCCN(C)C)C2c2cccc(Oc3ccccc3)c2)cc1. The highest BCUT2D eigenvalue weighted by atomic mass is 16.5. The number of benzene rings is 3. The van der Waals surface area contributed by atoms with Crippen LogP contribution in [0, 0.1) is 0 Å². The first kappa shape index (κ1) is 25.0. The standard InChI is InChI=1S/C29H30N2O5/c1-30(2)17-8-18-31-26(21-9-7-12-24(19-21)36-23-10-5-4-6-11-23)25(28(33)29(31)34)27(32)20-13-15-22(35-3)16-14-20/h4-7,9-16,19,26,32H,8,17-18H2,1-3H3/b27-25-. The van der Waals surface area contributed by atoms with Crippen LogP contribution in [-0.2, 0) is 9.59 Å². The summed E-state index contributed by atoms with van der Waals surface area (Å²) < 4.78 is 11.2. The lowest BCUT2D eigenvalue weighted by Crippen LogP contribution is -2.32. The second-order valence-electron chi connectivity index (χ2n) is 8.87. The van der Waals surface area contributed by atoms with Crippen LogP contribution in [0.4, 0.5) is 0 Å². The number of hydrogen-bond donors (Lipinski definition) is 1. The fraction of sp³-hybridized carbons (Fsp3) is 0.241. The Morgan fingerprint density at radius 2 is 1.61 bits per heavy atom. The quantitative estimate of drug-likeness (QED) is 0.264. The molecule has 0 saturated carbocycles. The Bertz CT molecular complexity index is 1250. The first-order valence-corrected chi connectivity index (χ1v) is 11.8. The van der Waals surface area contributed by atoms with Crippen LogP contribution in [-0.4, -0.2) is 60.9 Å². The number of hydrogen-bond acceptors (Lipinski definition) is 6. The molecular formula is C29H30N2O5. The lowest BCUT2D eigenvalue weighted by Gasteiger charge is -2.26. The summed E-state index contributed by atoms with van der Waals surface area (Å²) in [5, 5.41) is 11.2. The Morgan fingerprint density at radius 1 is 0.917 bits per heavy atom. The lowest BCUT2D eigenvalue weighted by molar-refractivity contribution is -0.139. The van der Waals surface area contributed by atoms with Gasteiger partial charge in [0.25, 0.3) is 11.7 Å². The molecule has 3 aromatic carbocycles. The molecular weight excluding hydrogens is 456 g/mol. The van der Waals surface area contributed by atoms with Gasteiger partial charge in [-0.05, 0) is 81.2 Å². The molecule has 7 heteroatoms. The number of carbonyl (C=O) groups excluding carboxylic acids is 2. The first-order chi connectivity index (χ1) is 17.4. The highest BCUT2D eigenvalue weighted by molar-refractivity contribution is 6.46. The first-order valence-electron chi connectivity index (χ1n) is 11.8. The van der Waals surface area contributed by atoms with Crippen molar-refractivity contribution in [3.63, 3.8) is 0 Å². The molecule has 1 unspecified atom stereocenters.